The van der Waals surface area contributed by atoms with Gasteiger partial charge in [0, 0.05) is 13.1 Å². The smallest absolute Gasteiger partial charge is 0.243 e. The number of nitrogens with zero attached hydrogens (tertiary/aromatic N) is 1. The van der Waals surface area contributed by atoms with E-state index in [2.05, 4.69) is 0 Å². The SMILES string of the molecule is COc1ccc(S(=O)(=O)N(C)C2CC2)cc1C. The van der Waals surface area contributed by atoms with E-state index in [1.807, 2.05) is 6.92 Å². The molecule has 0 aromatic heterocycles. The number of hydrogen-bond acceptors (Lipinski definition) is 3. The van der Waals surface area contributed by atoms with Gasteiger partial charge < -0.3 is 4.74 Å². The van der Waals surface area contributed by atoms with E-state index in [0.717, 1.165) is 18.4 Å². The lowest BCUT2D eigenvalue weighted by Crippen LogP contribution is -2.28. The molecule has 1 fully saturated rings. The molecule has 1 aliphatic carbocycles. The number of methoxy groups -OCH3 is 1. The van der Waals surface area contributed by atoms with E-state index in [9.17, 15) is 8.42 Å². The molecule has 4 nitrogen and oxygen atoms in total. The molecule has 94 valence electrons. The summed E-state index contributed by atoms with van der Waals surface area (Å²) in [7, 11) is -0.124. The van der Waals surface area contributed by atoms with Gasteiger partial charge in [-0.05, 0) is 43.5 Å². The van der Waals surface area contributed by atoms with Gasteiger partial charge in [-0.15, -0.1) is 0 Å². The van der Waals surface area contributed by atoms with Crippen molar-refractivity contribution in [2.24, 2.45) is 0 Å². The Morgan fingerprint density at radius 1 is 1.35 bits per heavy atom. The fourth-order valence-electron chi connectivity index (χ4n) is 1.81. The molecule has 0 heterocycles. The predicted molar refractivity (Wildman–Crippen MR) is 65.7 cm³/mol. The zero-order valence-corrected chi connectivity index (χ0v) is 11.1. The van der Waals surface area contributed by atoms with Crippen LogP contribution in [0, 0.1) is 6.92 Å². The third-order valence-corrected chi connectivity index (χ3v) is 5.01. The van der Waals surface area contributed by atoms with Crippen molar-refractivity contribution in [3.05, 3.63) is 23.8 Å². The van der Waals surface area contributed by atoms with Crippen molar-refractivity contribution in [2.75, 3.05) is 14.2 Å². The van der Waals surface area contributed by atoms with Crippen LogP contribution >= 0.6 is 0 Å². The van der Waals surface area contributed by atoms with Gasteiger partial charge in [-0.2, -0.15) is 4.31 Å². The first-order chi connectivity index (χ1) is 7.96. The molecule has 0 unspecified atom stereocenters. The van der Waals surface area contributed by atoms with Crippen LogP contribution in [0.3, 0.4) is 0 Å². The molecule has 0 bridgehead atoms. The Morgan fingerprint density at radius 2 is 2.00 bits per heavy atom. The Bertz CT molecular complexity index is 521. The summed E-state index contributed by atoms with van der Waals surface area (Å²) in [6.45, 7) is 1.84. The predicted octanol–water partition coefficient (Wildman–Crippen LogP) is 1.79. The van der Waals surface area contributed by atoms with Crippen LogP contribution in [0.15, 0.2) is 23.1 Å². The molecule has 0 N–H and O–H groups in total. The zero-order chi connectivity index (χ0) is 12.6. The average Bonchev–Trinajstić information content (AvgIpc) is 3.11. The summed E-state index contributed by atoms with van der Waals surface area (Å²) in [5.74, 6) is 0.707. The summed E-state index contributed by atoms with van der Waals surface area (Å²) in [6.07, 6.45) is 1.93. The third-order valence-electron chi connectivity index (χ3n) is 3.10. The first-order valence-corrected chi connectivity index (χ1v) is 7.03. The van der Waals surface area contributed by atoms with Crippen molar-refractivity contribution in [3.63, 3.8) is 0 Å². The number of aryl methyl sites for hydroxylation is 1. The van der Waals surface area contributed by atoms with Crippen LogP contribution in [0.25, 0.3) is 0 Å². The van der Waals surface area contributed by atoms with Crippen molar-refractivity contribution >= 4 is 10.0 Å². The molecule has 0 spiro atoms. The van der Waals surface area contributed by atoms with E-state index < -0.39 is 10.0 Å². The molecule has 0 saturated heterocycles. The van der Waals surface area contributed by atoms with E-state index in [-0.39, 0.29) is 6.04 Å². The molecule has 0 amide bonds. The Hall–Kier alpha value is -1.07. The number of hydrogen-bond donors (Lipinski definition) is 0. The Labute approximate surface area is 102 Å². The van der Waals surface area contributed by atoms with Gasteiger partial charge in [0.1, 0.15) is 5.75 Å². The van der Waals surface area contributed by atoms with E-state index >= 15 is 0 Å². The van der Waals surface area contributed by atoms with Gasteiger partial charge in [0.25, 0.3) is 0 Å². The van der Waals surface area contributed by atoms with E-state index in [1.165, 1.54) is 4.31 Å². The molecule has 1 aliphatic rings. The highest BCUT2D eigenvalue weighted by Crippen LogP contribution is 2.31. The van der Waals surface area contributed by atoms with Crippen LogP contribution in [-0.4, -0.2) is 32.9 Å². The van der Waals surface area contributed by atoms with Gasteiger partial charge in [0.2, 0.25) is 10.0 Å². The first-order valence-electron chi connectivity index (χ1n) is 5.59. The summed E-state index contributed by atoms with van der Waals surface area (Å²) >= 11 is 0. The normalized spacial score (nSPS) is 16.2. The van der Waals surface area contributed by atoms with E-state index in [0.29, 0.717) is 10.6 Å². The van der Waals surface area contributed by atoms with Gasteiger partial charge in [0.05, 0.1) is 12.0 Å². The molecular formula is C12H17NO3S. The van der Waals surface area contributed by atoms with Gasteiger partial charge in [-0.25, -0.2) is 8.42 Å². The molecule has 0 aliphatic heterocycles. The second-order valence-electron chi connectivity index (χ2n) is 4.38. The molecule has 1 aromatic rings. The minimum atomic E-state index is -3.35. The van der Waals surface area contributed by atoms with Crippen LogP contribution in [-0.2, 0) is 10.0 Å². The topological polar surface area (TPSA) is 46.6 Å². The van der Waals surface area contributed by atoms with Gasteiger partial charge in [-0.3, -0.25) is 0 Å². The standard InChI is InChI=1S/C12H17NO3S/c1-9-8-11(6-7-12(9)16-3)17(14,15)13(2)10-4-5-10/h6-8,10H,4-5H2,1-3H3. The summed E-state index contributed by atoms with van der Waals surface area (Å²) in [4.78, 5) is 0.338. The first kappa shape index (κ1) is 12.4. The van der Waals surface area contributed by atoms with Gasteiger partial charge in [-0.1, -0.05) is 0 Å². The second-order valence-corrected chi connectivity index (χ2v) is 6.38. The fourth-order valence-corrected chi connectivity index (χ4v) is 3.31. The van der Waals surface area contributed by atoms with Crippen molar-refractivity contribution in [1.29, 1.82) is 0 Å². The van der Waals surface area contributed by atoms with Crippen LogP contribution in [0.5, 0.6) is 5.75 Å². The maximum atomic E-state index is 12.3. The largest absolute Gasteiger partial charge is 0.496 e. The minimum absolute atomic E-state index is 0.183. The van der Waals surface area contributed by atoms with E-state index in [1.54, 1.807) is 32.4 Å². The number of rotatable bonds is 4. The molecule has 0 atom stereocenters. The monoisotopic (exact) mass is 255 g/mol. The Balaban J connectivity index is 2.36. The Morgan fingerprint density at radius 3 is 2.47 bits per heavy atom. The minimum Gasteiger partial charge on any atom is -0.496 e. The molecule has 17 heavy (non-hydrogen) atoms. The van der Waals surface area contributed by atoms with Gasteiger partial charge in [0.15, 0.2) is 0 Å². The van der Waals surface area contributed by atoms with Crippen LogP contribution in [0.4, 0.5) is 0 Å². The van der Waals surface area contributed by atoms with Crippen molar-refractivity contribution < 1.29 is 13.2 Å². The lowest BCUT2D eigenvalue weighted by molar-refractivity contribution is 0.411. The molecule has 2 rings (SSSR count). The zero-order valence-electron chi connectivity index (χ0n) is 10.3. The number of ether oxygens (including phenoxy) is 1. The van der Waals surface area contributed by atoms with Crippen molar-refractivity contribution in [2.45, 2.75) is 30.7 Å². The average molecular weight is 255 g/mol. The maximum Gasteiger partial charge on any atom is 0.243 e. The number of sulfonamides is 1. The lowest BCUT2D eigenvalue weighted by Gasteiger charge is -2.17. The highest BCUT2D eigenvalue weighted by molar-refractivity contribution is 7.89. The Kier molecular flexibility index (Phi) is 3.14. The third kappa shape index (κ3) is 2.30. The molecule has 5 heteroatoms. The molecule has 1 aromatic carbocycles. The van der Waals surface area contributed by atoms with Crippen LogP contribution in [0.1, 0.15) is 18.4 Å². The van der Waals surface area contributed by atoms with Crippen molar-refractivity contribution in [1.82, 2.24) is 4.31 Å². The molecule has 1 saturated carbocycles. The molecular weight excluding hydrogens is 238 g/mol. The summed E-state index contributed by atoms with van der Waals surface area (Å²) < 4.78 is 31.1. The quantitative estimate of drug-likeness (QED) is 0.824. The van der Waals surface area contributed by atoms with E-state index in [4.69, 9.17) is 4.74 Å². The summed E-state index contributed by atoms with van der Waals surface area (Å²) in [5.41, 5.74) is 0.831. The molecule has 0 radical (unpaired) electrons. The number of benzene rings is 1. The fraction of sp³-hybridized carbons (Fsp3) is 0.500. The summed E-state index contributed by atoms with van der Waals surface area (Å²) in [6, 6.07) is 5.14. The summed E-state index contributed by atoms with van der Waals surface area (Å²) in [5, 5.41) is 0. The lowest BCUT2D eigenvalue weighted by atomic mass is 10.2. The van der Waals surface area contributed by atoms with Crippen LogP contribution < -0.4 is 4.74 Å². The van der Waals surface area contributed by atoms with Crippen molar-refractivity contribution in [3.8, 4) is 5.75 Å². The highest BCUT2D eigenvalue weighted by Gasteiger charge is 2.35. The van der Waals surface area contributed by atoms with Crippen LogP contribution in [0.2, 0.25) is 0 Å². The second kappa shape index (κ2) is 4.31. The maximum absolute atomic E-state index is 12.3. The van der Waals surface area contributed by atoms with Gasteiger partial charge >= 0.3 is 0 Å². The highest BCUT2D eigenvalue weighted by atomic mass is 32.2.